The molecule has 0 aliphatic carbocycles. The number of nitrogens with zero attached hydrogens (tertiary/aromatic N) is 1. The molecule has 1 aliphatic rings. The molecule has 1 aromatic carbocycles. The highest BCUT2D eigenvalue weighted by molar-refractivity contribution is 5.87. The van der Waals surface area contributed by atoms with Crippen LogP contribution in [-0.2, 0) is 4.74 Å². The van der Waals surface area contributed by atoms with Crippen LogP contribution in [0, 0.1) is 0 Å². The number of hydrogen-bond donors (Lipinski definition) is 0. The molecular formula is C11H12NO5-. The topological polar surface area (TPSA) is 71.1 Å². The molecule has 0 radical (unpaired) electrons. The second-order valence-electron chi connectivity index (χ2n) is 3.70. The number of amides is 1. The van der Waals surface area contributed by atoms with Gasteiger partial charge in [0.05, 0.1) is 5.69 Å². The predicted octanol–water partition coefficient (Wildman–Crippen LogP) is 0.557. The summed E-state index contributed by atoms with van der Waals surface area (Å²) in [6.45, 7) is 1.59. The van der Waals surface area contributed by atoms with Crippen molar-refractivity contribution in [2.45, 2.75) is 12.9 Å². The average Bonchev–Trinajstić information content (AvgIpc) is 2.64. The van der Waals surface area contributed by atoms with E-state index in [1.54, 1.807) is 25.1 Å². The maximum absolute atomic E-state index is 10.8. The molecule has 1 amide bonds. The zero-order chi connectivity index (χ0) is 12.6. The van der Waals surface area contributed by atoms with Gasteiger partial charge in [0, 0.05) is 21.1 Å². The minimum absolute atomic E-state index is 0.323. The number of carbonyl (C=O) groups excluding carboxylic acids is 1. The van der Waals surface area contributed by atoms with Gasteiger partial charge in [0.25, 0.3) is 0 Å². The van der Waals surface area contributed by atoms with E-state index in [0.29, 0.717) is 17.2 Å². The van der Waals surface area contributed by atoms with Crippen LogP contribution in [0.15, 0.2) is 18.2 Å². The van der Waals surface area contributed by atoms with Crippen LogP contribution >= 0.6 is 0 Å². The third kappa shape index (κ3) is 1.87. The Bertz CT molecular complexity index is 461. The molecule has 1 unspecified atom stereocenters. The molecule has 0 bridgehead atoms. The number of hydrogen-bond acceptors (Lipinski definition) is 5. The summed E-state index contributed by atoms with van der Waals surface area (Å²) in [4.78, 5) is 11.8. The Morgan fingerprint density at radius 2 is 2.18 bits per heavy atom. The van der Waals surface area contributed by atoms with Crippen LogP contribution in [0.1, 0.15) is 6.92 Å². The summed E-state index contributed by atoms with van der Waals surface area (Å²) in [5.41, 5.74) is 0.350. The molecular weight excluding hydrogens is 226 g/mol. The van der Waals surface area contributed by atoms with Crippen molar-refractivity contribution in [3.63, 3.8) is 0 Å². The first-order valence-electron chi connectivity index (χ1n) is 4.98. The summed E-state index contributed by atoms with van der Waals surface area (Å²) in [5, 5.41) is 10.8. The van der Waals surface area contributed by atoms with Crippen LogP contribution in [-0.4, -0.2) is 26.2 Å². The highest BCUT2D eigenvalue weighted by Gasteiger charge is 2.39. The summed E-state index contributed by atoms with van der Waals surface area (Å²) in [6.07, 6.45) is -1.33. The van der Waals surface area contributed by atoms with Crippen molar-refractivity contribution in [1.29, 1.82) is 0 Å². The van der Waals surface area contributed by atoms with E-state index in [-0.39, 0.29) is 0 Å². The summed E-state index contributed by atoms with van der Waals surface area (Å²) < 4.78 is 15.9. The van der Waals surface area contributed by atoms with E-state index < -0.39 is 12.1 Å². The number of carbonyl (C=O) groups is 1. The third-order valence-corrected chi connectivity index (χ3v) is 2.55. The second-order valence-corrected chi connectivity index (χ2v) is 3.70. The molecule has 6 heteroatoms. The molecule has 0 spiro atoms. The van der Waals surface area contributed by atoms with E-state index in [4.69, 9.17) is 14.2 Å². The van der Waals surface area contributed by atoms with Crippen molar-refractivity contribution >= 4 is 11.8 Å². The molecule has 1 aromatic rings. The summed E-state index contributed by atoms with van der Waals surface area (Å²) in [5.74, 6) is -0.478. The van der Waals surface area contributed by atoms with Crippen LogP contribution in [0.4, 0.5) is 10.5 Å². The Morgan fingerprint density at radius 1 is 1.47 bits per heavy atom. The molecule has 6 nitrogen and oxygen atoms in total. The molecule has 1 heterocycles. The normalized spacial score (nSPS) is 21.4. The molecule has 0 aromatic heterocycles. The number of ether oxygens (including phenoxy) is 3. The Labute approximate surface area is 98.3 Å². The smallest absolute Gasteiger partial charge is 0.368 e. The monoisotopic (exact) mass is 238 g/mol. The Kier molecular flexibility index (Phi) is 2.59. The summed E-state index contributed by atoms with van der Waals surface area (Å²) in [6, 6.07) is 4.93. The zero-order valence-corrected chi connectivity index (χ0v) is 9.72. The fourth-order valence-electron chi connectivity index (χ4n) is 1.54. The van der Waals surface area contributed by atoms with Crippen LogP contribution in [0.5, 0.6) is 11.5 Å². The maximum atomic E-state index is 10.8. The number of fused-ring (bicyclic) bond motifs is 1. The van der Waals surface area contributed by atoms with Crippen molar-refractivity contribution < 1.29 is 24.1 Å². The molecule has 0 saturated heterocycles. The van der Waals surface area contributed by atoms with E-state index in [1.165, 1.54) is 14.2 Å². The lowest BCUT2D eigenvalue weighted by Gasteiger charge is -2.22. The van der Waals surface area contributed by atoms with E-state index in [9.17, 15) is 9.90 Å². The standard InChI is InChI=1S/C11H13NO5/c1-11(15-3)16-8-6-4-5-7(9(8)17-11)12(2)10(13)14/h4-6H,1-3H3,(H,13,14)/p-1. The molecule has 0 fully saturated rings. The number of benzene rings is 1. The first kappa shape index (κ1) is 11.5. The minimum Gasteiger partial charge on any atom is -0.530 e. The number of anilines is 1. The largest absolute Gasteiger partial charge is 0.530 e. The number of rotatable bonds is 2. The molecule has 0 N–H and O–H groups in total. The maximum Gasteiger partial charge on any atom is 0.368 e. The van der Waals surface area contributed by atoms with Gasteiger partial charge in [-0.1, -0.05) is 6.07 Å². The van der Waals surface area contributed by atoms with E-state index in [0.717, 1.165) is 4.90 Å². The molecule has 0 saturated carbocycles. The predicted molar refractivity (Wildman–Crippen MR) is 56.9 cm³/mol. The lowest BCUT2D eigenvalue weighted by molar-refractivity contribution is -0.254. The average molecular weight is 238 g/mol. The van der Waals surface area contributed by atoms with E-state index in [2.05, 4.69) is 0 Å². The van der Waals surface area contributed by atoms with E-state index >= 15 is 0 Å². The molecule has 2 rings (SSSR count). The van der Waals surface area contributed by atoms with Crippen molar-refractivity contribution in [2.24, 2.45) is 0 Å². The van der Waals surface area contributed by atoms with Gasteiger partial charge in [-0.2, -0.15) is 0 Å². The number of carboxylic acid groups (broad SMARTS) is 1. The van der Waals surface area contributed by atoms with Crippen LogP contribution in [0.3, 0.4) is 0 Å². The highest BCUT2D eigenvalue weighted by Crippen LogP contribution is 2.45. The van der Waals surface area contributed by atoms with Crippen LogP contribution in [0.25, 0.3) is 0 Å². The van der Waals surface area contributed by atoms with Gasteiger partial charge in [-0.15, -0.1) is 0 Å². The molecule has 92 valence electrons. The van der Waals surface area contributed by atoms with Gasteiger partial charge in [0.2, 0.25) is 0 Å². The summed E-state index contributed by atoms with van der Waals surface area (Å²) >= 11 is 0. The number of para-hydroxylation sites is 1. The van der Waals surface area contributed by atoms with Gasteiger partial charge in [-0.3, -0.25) is 0 Å². The quantitative estimate of drug-likeness (QED) is 0.752. The second kappa shape index (κ2) is 3.81. The first-order valence-corrected chi connectivity index (χ1v) is 4.98. The lowest BCUT2D eigenvalue weighted by Crippen LogP contribution is -2.39. The van der Waals surface area contributed by atoms with Crippen molar-refractivity contribution in [1.82, 2.24) is 0 Å². The Balaban J connectivity index is 2.42. The van der Waals surface area contributed by atoms with E-state index in [1.807, 2.05) is 0 Å². The minimum atomic E-state index is -1.33. The highest BCUT2D eigenvalue weighted by atomic mass is 16.9. The number of methoxy groups -OCH3 is 1. The molecule has 17 heavy (non-hydrogen) atoms. The fraction of sp³-hybridized carbons (Fsp3) is 0.364. The van der Waals surface area contributed by atoms with Gasteiger partial charge in [-0.05, 0) is 12.1 Å². The first-order chi connectivity index (χ1) is 7.97. The fourth-order valence-corrected chi connectivity index (χ4v) is 1.54. The Hall–Kier alpha value is -1.95. The SMILES string of the molecule is COC1(C)Oc2cccc(N(C)C(=O)[O-])c2O1. The van der Waals surface area contributed by atoms with Gasteiger partial charge >= 0.3 is 5.97 Å². The third-order valence-electron chi connectivity index (χ3n) is 2.55. The van der Waals surface area contributed by atoms with Crippen molar-refractivity contribution in [3.05, 3.63) is 18.2 Å². The van der Waals surface area contributed by atoms with Gasteiger partial charge in [0.15, 0.2) is 11.5 Å². The van der Waals surface area contributed by atoms with Crippen LogP contribution in [0.2, 0.25) is 0 Å². The molecule has 1 aliphatic heterocycles. The van der Waals surface area contributed by atoms with Crippen LogP contribution < -0.4 is 19.5 Å². The Morgan fingerprint density at radius 3 is 2.76 bits per heavy atom. The van der Waals surface area contributed by atoms with Crippen molar-refractivity contribution in [2.75, 3.05) is 19.1 Å². The van der Waals surface area contributed by atoms with Crippen molar-refractivity contribution in [3.8, 4) is 11.5 Å². The van der Waals surface area contributed by atoms with Gasteiger partial charge < -0.3 is 29.0 Å². The molecule has 1 atom stereocenters. The zero-order valence-electron chi connectivity index (χ0n) is 9.72. The van der Waals surface area contributed by atoms with Gasteiger partial charge in [0.1, 0.15) is 6.09 Å². The summed E-state index contributed by atoms with van der Waals surface area (Å²) in [7, 11) is 2.81. The lowest BCUT2D eigenvalue weighted by atomic mass is 10.2. The van der Waals surface area contributed by atoms with Gasteiger partial charge in [-0.25, -0.2) is 0 Å².